The van der Waals surface area contributed by atoms with Crippen molar-refractivity contribution in [2.24, 2.45) is 0 Å². The van der Waals surface area contributed by atoms with Crippen LogP contribution >= 0.6 is 12.2 Å². The average molecular weight is 485 g/mol. The first kappa shape index (κ1) is 22.9. The molecule has 0 spiro atoms. The van der Waals surface area contributed by atoms with Crippen LogP contribution in [-0.2, 0) is 6.54 Å². The van der Waals surface area contributed by atoms with Crippen molar-refractivity contribution in [2.45, 2.75) is 33.4 Å². The highest BCUT2D eigenvalue weighted by Gasteiger charge is 2.34. The van der Waals surface area contributed by atoms with E-state index in [1.54, 1.807) is 6.07 Å². The van der Waals surface area contributed by atoms with Gasteiger partial charge in [-0.1, -0.05) is 70.9 Å². The van der Waals surface area contributed by atoms with Crippen LogP contribution in [0.2, 0.25) is 0 Å². The summed E-state index contributed by atoms with van der Waals surface area (Å²) in [6, 6.07) is 22.3. The number of nitrogens with one attached hydrogen (secondary N) is 1. The summed E-state index contributed by atoms with van der Waals surface area (Å²) in [7, 11) is 0. The van der Waals surface area contributed by atoms with E-state index in [0.717, 1.165) is 33.5 Å². The van der Waals surface area contributed by atoms with Gasteiger partial charge in [-0.3, -0.25) is 0 Å². The van der Waals surface area contributed by atoms with Gasteiger partial charge in [-0.15, -0.1) is 0 Å². The molecule has 4 aromatic rings. The fourth-order valence-electron chi connectivity index (χ4n) is 4.30. The van der Waals surface area contributed by atoms with E-state index in [-0.39, 0.29) is 5.82 Å². The lowest BCUT2D eigenvalue weighted by molar-refractivity contribution is 0.396. The Labute approximate surface area is 209 Å². The summed E-state index contributed by atoms with van der Waals surface area (Å²) in [6.07, 6.45) is 0. The third-order valence-corrected chi connectivity index (χ3v) is 6.51. The van der Waals surface area contributed by atoms with Gasteiger partial charge in [0.1, 0.15) is 5.82 Å². The quantitative estimate of drug-likeness (QED) is 0.333. The van der Waals surface area contributed by atoms with Crippen molar-refractivity contribution in [1.29, 1.82) is 0 Å². The van der Waals surface area contributed by atoms with Crippen LogP contribution < -0.4 is 5.32 Å². The molecule has 3 aromatic carbocycles. The summed E-state index contributed by atoms with van der Waals surface area (Å²) < 4.78 is 19.9. The summed E-state index contributed by atoms with van der Waals surface area (Å²) >= 11 is 5.76. The Balaban J connectivity index is 1.60. The van der Waals surface area contributed by atoms with Gasteiger partial charge in [0.05, 0.1) is 11.6 Å². The van der Waals surface area contributed by atoms with Crippen LogP contribution in [0.3, 0.4) is 0 Å². The molecule has 0 amide bonds. The maximum Gasteiger partial charge on any atom is 0.258 e. The first-order valence-electron chi connectivity index (χ1n) is 11.4. The van der Waals surface area contributed by atoms with E-state index in [0.29, 0.717) is 23.4 Å². The predicted octanol–water partition coefficient (Wildman–Crippen LogP) is 6.36. The normalized spacial score (nSPS) is 15.9. The van der Waals surface area contributed by atoms with Gasteiger partial charge in [-0.2, -0.15) is 4.98 Å². The number of hydrogen-bond donors (Lipinski definition) is 1. The van der Waals surface area contributed by atoms with E-state index in [1.807, 2.05) is 49.1 Å². The summed E-state index contributed by atoms with van der Waals surface area (Å²) in [5.41, 5.74) is 6.67. The number of benzene rings is 3. The second-order valence-electron chi connectivity index (χ2n) is 8.80. The number of halogens is 1. The molecule has 1 aliphatic rings. The zero-order valence-corrected chi connectivity index (χ0v) is 20.6. The minimum Gasteiger partial charge on any atom is -0.351 e. The van der Waals surface area contributed by atoms with Crippen molar-refractivity contribution in [3.8, 4) is 11.4 Å². The van der Waals surface area contributed by atoms with Crippen LogP contribution in [-0.4, -0.2) is 20.2 Å². The van der Waals surface area contributed by atoms with Crippen LogP contribution in [0.5, 0.6) is 0 Å². The number of hydrogen-bond acceptors (Lipinski definition) is 4. The third kappa shape index (κ3) is 4.72. The number of aromatic nitrogens is 2. The van der Waals surface area contributed by atoms with Gasteiger partial charge >= 0.3 is 0 Å². The minimum absolute atomic E-state index is 0.319. The summed E-state index contributed by atoms with van der Waals surface area (Å²) in [6.45, 7) is 6.65. The highest BCUT2D eigenvalue weighted by atomic mass is 32.1. The molecule has 1 N–H and O–H groups in total. The molecule has 0 radical (unpaired) electrons. The standard InChI is InChI=1S/C28H25FN4OS/c1-17-10-12-20(13-11-17)16-33-19(3)24(25(30-28(33)35)21-7-5-9-23(29)15-21)27-31-26(32-34-27)22-8-4-6-18(2)14-22/h4-15,25H,16H2,1-3H3,(H,30,35). The zero-order valence-electron chi connectivity index (χ0n) is 19.7. The Morgan fingerprint density at radius 3 is 2.49 bits per heavy atom. The number of aryl methyl sites for hydroxylation is 2. The summed E-state index contributed by atoms with van der Waals surface area (Å²) in [5.74, 6) is 0.553. The average Bonchev–Trinajstić information content (AvgIpc) is 3.32. The highest BCUT2D eigenvalue weighted by Crippen LogP contribution is 2.38. The molecule has 5 rings (SSSR count). The molecular weight excluding hydrogens is 459 g/mol. The molecule has 0 fully saturated rings. The minimum atomic E-state index is -0.432. The molecule has 1 aliphatic heterocycles. The summed E-state index contributed by atoms with van der Waals surface area (Å²) in [4.78, 5) is 6.75. The monoisotopic (exact) mass is 484 g/mol. The molecule has 2 heterocycles. The SMILES string of the molecule is CC1=C(c2nc(-c3cccc(C)c3)no2)C(c2cccc(F)c2)NC(=S)N1Cc1ccc(C)cc1. The molecule has 0 bridgehead atoms. The highest BCUT2D eigenvalue weighted by molar-refractivity contribution is 7.80. The van der Waals surface area contributed by atoms with E-state index < -0.39 is 6.04 Å². The molecule has 5 nitrogen and oxygen atoms in total. The molecule has 7 heteroatoms. The molecule has 0 aliphatic carbocycles. The lowest BCUT2D eigenvalue weighted by atomic mass is 9.94. The van der Waals surface area contributed by atoms with Gasteiger partial charge in [0.25, 0.3) is 5.89 Å². The van der Waals surface area contributed by atoms with Gasteiger partial charge in [0, 0.05) is 17.8 Å². The van der Waals surface area contributed by atoms with Crippen LogP contribution in [0.4, 0.5) is 4.39 Å². The molecule has 176 valence electrons. The van der Waals surface area contributed by atoms with Crippen LogP contribution in [0.15, 0.2) is 83.0 Å². The van der Waals surface area contributed by atoms with E-state index in [9.17, 15) is 4.39 Å². The smallest absolute Gasteiger partial charge is 0.258 e. The first-order chi connectivity index (χ1) is 16.9. The van der Waals surface area contributed by atoms with Gasteiger partial charge in [0.2, 0.25) is 5.82 Å². The van der Waals surface area contributed by atoms with E-state index in [4.69, 9.17) is 21.7 Å². The number of thiocarbonyl (C=S) groups is 1. The molecule has 0 saturated heterocycles. The van der Waals surface area contributed by atoms with Crippen LogP contribution in [0.25, 0.3) is 17.0 Å². The Morgan fingerprint density at radius 1 is 0.971 bits per heavy atom. The molecule has 1 unspecified atom stereocenters. The van der Waals surface area contributed by atoms with E-state index >= 15 is 0 Å². The fraction of sp³-hybridized carbons (Fsp3) is 0.179. The second-order valence-corrected chi connectivity index (χ2v) is 9.19. The van der Waals surface area contributed by atoms with Gasteiger partial charge in [-0.05, 0) is 62.3 Å². The number of rotatable bonds is 5. The van der Waals surface area contributed by atoms with Gasteiger partial charge < -0.3 is 14.7 Å². The Bertz CT molecular complexity index is 1430. The van der Waals surface area contributed by atoms with Crippen LogP contribution in [0, 0.1) is 19.7 Å². The Morgan fingerprint density at radius 2 is 1.74 bits per heavy atom. The van der Waals surface area contributed by atoms with Crippen molar-refractivity contribution in [2.75, 3.05) is 0 Å². The fourth-order valence-corrected chi connectivity index (χ4v) is 4.61. The van der Waals surface area contributed by atoms with Crippen molar-refractivity contribution < 1.29 is 8.91 Å². The maximum absolute atomic E-state index is 14.2. The second kappa shape index (κ2) is 9.43. The Kier molecular flexibility index (Phi) is 6.17. The predicted molar refractivity (Wildman–Crippen MR) is 139 cm³/mol. The van der Waals surface area contributed by atoms with Gasteiger partial charge in [0.15, 0.2) is 5.11 Å². The van der Waals surface area contributed by atoms with Crippen molar-refractivity contribution in [3.05, 3.63) is 112 Å². The van der Waals surface area contributed by atoms with Crippen LogP contribution in [0.1, 0.15) is 41.1 Å². The molecule has 1 atom stereocenters. The zero-order chi connectivity index (χ0) is 24.5. The largest absolute Gasteiger partial charge is 0.351 e. The number of allylic oxidation sites excluding steroid dienone is 1. The number of nitrogens with zero attached hydrogens (tertiary/aromatic N) is 3. The lowest BCUT2D eigenvalue weighted by Crippen LogP contribution is -2.45. The molecule has 1 aromatic heterocycles. The summed E-state index contributed by atoms with van der Waals surface area (Å²) in [5, 5.41) is 8.19. The van der Waals surface area contributed by atoms with E-state index in [2.05, 4.69) is 41.7 Å². The van der Waals surface area contributed by atoms with Crippen molar-refractivity contribution >= 4 is 22.9 Å². The topological polar surface area (TPSA) is 54.2 Å². The first-order valence-corrected chi connectivity index (χ1v) is 11.8. The van der Waals surface area contributed by atoms with Gasteiger partial charge in [-0.25, -0.2) is 4.39 Å². The molecule has 35 heavy (non-hydrogen) atoms. The van der Waals surface area contributed by atoms with E-state index in [1.165, 1.54) is 17.7 Å². The van der Waals surface area contributed by atoms with Crippen molar-refractivity contribution in [1.82, 2.24) is 20.4 Å². The molecular formula is C28H25FN4OS. The van der Waals surface area contributed by atoms with Crippen molar-refractivity contribution in [3.63, 3.8) is 0 Å². The maximum atomic E-state index is 14.2. The third-order valence-electron chi connectivity index (χ3n) is 6.17. The Hall–Kier alpha value is -3.84. The molecule has 0 saturated carbocycles. The lowest BCUT2D eigenvalue weighted by Gasteiger charge is -2.37.